The number of fused-ring (bicyclic) bond motifs is 1. The fourth-order valence-electron chi connectivity index (χ4n) is 3.91. The Morgan fingerprint density at radius 1 is 1.37 bits per heavy atom. The Bertz CT molecular complexity index is 778. The summed E-state index contributed by atoms with van der Waals surface area (Å²) in [6, 6.07) is 2.34. The van der Waals surface area contributed by atoms with Gasteiger partial charge in [0.25, 0.3) is 5.91 Å². The smallest absolute Gasteiger partial charge is 0.264 e. The van der Waals surface area contributed by atoms with Crippen LogP contribution >= 0.6 is 36.2 Å². The third kappa shape index (κ3) is 4.65. The van der Waals surface area contributed by atoms with Gasteiger partial charge in [0, 0.05) is 24.5 Å². The molecule has 4 rings (SSSR count). The molecular weight excluding hydrogens is 405 g/mol. The summed E-state index contributed by atoms with van der Waals surface area (Å²) in [5.74, 6) is 0.907. The molecule has 2 aromatic rings. The second-order valence-electron chi connectivity index (χ2n) is 7.35. The Morgan fingerprint density at radius 3 is 2.93 bits per heavy atom. The summed E-state index contributed by atoms with van der Waals surface area (Å²) < 4.78 is 1.88. The van der Waals surface area contributed by atoms with E-state index < -0.39 is 0 Å². The number of halogens is 2. The molecule has 3 heterocycles. The molecule has 6 nitrogen and oxygen atoms in total. The summed E-state index contributed by atoms with van der Waals surface area (Å²) in [5, 5.41) is 8.27. The Morgan fingerprint density at radius 2 is 2.19 bits per heavy atom. The fourth-order valence-corrected chi connectivity index (χ4v) is 5.08. The number of carbonyl (C=O) groups excluding carboxylic acids is 1. The minimum atomic E-state index is 0. The molecule has 0 spiro atoms. The van der Waals surface area contributed by atoms with E-state index in [0.29, 0.717) is 13.1 Å². The second kappa shape index (κ2) is 9.37. The van der Waals surface area contributed by atoms with E-state index in [4.69, 9.17) is 5.73 Å². The summed E-state index contributed by atoms with van der Waals surface area (Å²) in [4.78, 5) is 17.3. The Balaban J connectivity index is 0.00000131. The van der Waals surface area contributed by atoms with Crippen molar-refractivity contribution in [1.29, 1.82) is 0 Å². The first kappa shape index (κ1) is 22.1. The standard InChI is InChI=1S/C18H25N5OS.2ClH/c1-12-4-5-16-13(7-12)8-17(25-16)18(24)22-6-2-3-15(11-22)23-10-14(9-19)20-21-23;;/h8,10,12,15H,2-7,9,11,19H2,1H3;2*1H. The molecule has 2 N–H and O–H groups in total. The van der Waals surface area contributed by atoms with Crippen molar-refractivity contribution in [3.63, 3.8) is 0 Å². The van der Waals surface area contributed by atoms with Gasteiger partial charge in [-0.15, -0.1) is 41.2 Å². The zero-order valence-electron chi connectivity index (χ0n) is 15.5. The highest BCUT2D eigenvalue weighted by atomic mass is 35.5. The van der Waals surface area contributed by atoms with E-state index in [0.717, 1.165) is 48.7 Å². The molecule has 9 heteroatoms. The van der Waals surface area contributed by atoms with Gasteiger partial charge in [-0.05, 0) is 49.7 Å². The van der Waals surface area contributed by atoms with Crippen molar-refractivity contribution < 1.29 is 4.79 Å². The van der Waals surface area contributed by atoms with Gasteiger partial charge in [-0.3, -0.25) is 4.79 Å². The third-order valence-corrected chi connectivity index (χ3v) is 6.59. The van der Waals surface area contributed by atoms with Crippen LogP contribution < -0.4 is 5.73 Å². The molecule has 2 aliphatic rings. The van der Waals surface area contributed by atoms with Crippen LogP contribution in [0.5, 0.6) is 0 Å². The first-order valence-electron chi connectivity index (χ1n) is 9.15. The zero-order valence-corrected chi connectivity index (χ0v) is 17.9. The Labute approximate surface area is 176 Å². The zero-order chi connectivity index (χ0) is 17.4. The lowest BCUT2D eigenvalue weighted by Gasteiger charge is -2.32. The lowest BCUT2D eigenvalue weighted by molar-refractivity contribution is 0.0676. The van der Waals surface area contributed by atoms with E-state index in [-0.39, 0.29) is 36.8 Å². The van der Waals surface area contributed by atoms with Crippen molar-refractivity contribution in [2.75, 3.05) is 13.1 Å². The van der Waals surface area contributed by atoms with E-state index in [9.17, 15) is 4.79 Å². The van der Waals surface area contributed by atoms with Gasteiger partial charge in [0.1, 0.15) is 0 Å². The summed E-state index contributed by atoms with van der Waals surface area (Å²) in [6.07, 6.45) is 7.40. The number of aromatic nitrogens is 3. The van der Waals surface area contributed by atoms with Crippen molar-refractivity contribution in [2.45, 2.75) is 51.6 Å². The number of thiophene rings is 1. The number of aryl methyl sites for hydroxylation is 1. The molecule has 2 unspecified atom stereocenters. The van der Waals surface area contributed by atoms with Gasteiger partial charge >= 0.3 is 0 Å². The first-order chi connectivity index (χ1) is 12.1. The number of nitrogens with two attached hydrogens (primary N) is 1. The molecule has 1 aliphatic heterocycles. The van der Waals surface area contributed by atoms with Crippen LogP contribution in [0.4, 0.5) is 0 Å². The van der Waals surface area contributed by atoms with Crippen LogP contribution in [0.3, 0.4) is 0 Å². The molecule has 1 amide bonds. The molecule has 1 fully saturated rings. The average Bonchev–Trinajstić information content (AvgIpc) is 3.27. The van der Waals surface area contributed by atoms with E-state index in [2.05, 4.69) is 23.3 Å². The summed E-state index contributed by atoms with van der Waals surface area (Å²) in [6.45, 7) is 4.22. The predicted molar refractivity (Wildman–Crippen MR) is 112 cm³/mol. The number of rotatable bonds is 3. The minimum absolute atomic E-state index is 0. The number of hydrogen-bond donors (Lipinski definition) is 1. The van der Waals surface area contributed by atoms with Crippen molar-refractivity contribution in [3.05, 3.63) is 33.3 Å². The number of amides is 1. The number of nitrogens with zero attached hydrogens (tertiary/aromatic N) is 4. The van der Waals surface area contributed by atoms with E-state index >= 15 is 0 Å². The van der Waals surface area contributed by atoms with E-state index in [1.165, 1.54) is 16.9 Å². The maximum atomic E-state index is 13.0. The molecule has 0 bridgehead atoms. The third-order valence-electron chi connectivity index (χ3n) is 5.36. The quantitative estimate of drug-likeness (QED) is 0.808. The topological polar surface area (TPSA) is 77.0 Å². The Hall–Kier alpha value is -1.15. The number of carbonyl (C=O) groups is 1. The Kier molecular flexibility index (Phi) is 7.68. The minimum Gasteiger partial charge on any atom is -0.336 e. The van der Waals surface area contributed by atoms with Crippen LogP contribution in [0.2, 0.25) is 0 Å². The molecule has 27 heavy (non-hydrogen) atoms. The molecule has 2 aromatic heterocycles. The lowest BCUT2D eigenvalue weighted by atomic mass is 9.90. The average molecular weight is 432 g/mol. The van der Waals surface area contributed by atoms with Gasteiger partial charge in [0.05, 0.1) is 22.8 Å². The molecule has 0 radical (unpaired) electrons. The molecule has 0 aromatic carbocycles. The van der Waals surface area contributed by atoms with Gasteiger partial charge in [-0.1, -0.05) is 12.1 Å². The number of piperidine rings is 1. The maximum Gasteiger partial charge on any atom is 0.264 e. The molecule has 1 saturated heterocycles. The van der Waals surface area contributed by atoms with Gasteiger partial charge < -0.3 is 10.6 Å². The first-order valence-corrected chi connectivity index (χ1v) is 9.97. The molecule has 2 atom stereocenters. The summed E-state index contributed by atoms with van der Waals surface area (Å²) in [7, 11) is 0. The number of hydrogen-bond acceptors (Lipinski definition) is 5. The lowest BCUT2D eigenvalue weighted by Crippen LogP contribution is -2.40. The van der Waals surface area contributed by atoms with Crippen molar-refractivity contribution in [3.8, 4) is 0 Å². The largest absolute Gasteiger partial charge is 0.336 e. The summed E-state index contributed by atoms with van der Waals surface area (Å²) >= 11 is 1.70. The molecular formula is C18H27Cl2N5OS. The SMILES string of the molecule is CC1CCc2sc(C(=O)N3CCCC(n4cc(CN)nn4)C3)cc2C1.Cl.Cl. The molecule has 150 valence electrons. The van der Waals surface area contributed by atoms with Crippen LogP contribution in [0.1, 0.15) is 58.0 Å². The highest BCUT2D eigenvalue weighted by Crippen LogP contribution is 2.33. The van der Waals surface area contributed by atoms with Crippen molar-refractivity contribution >= 4 is 42.1 Å². The van der Waals surface area contributed by atoms with Crippen LogP contribution in [0.25, 0.3) is 0 Å². The fraction of sp³-hybridized carbons (Fsp3) is 0.611. The highest BCUT2D eigenvalue weighted by Gasteiger charge is 2.28. The number of likely N-dealkylation sites (tertiary alicyclic amines) is 1. The van der Waals surface area contributed by atoms with Gasteiger partial charge in [0.2, 0.25) is 0 Å². The van der Waals surface area contributed by atoms with E-state index in [1.807, 2.05) is 15.8 Å². The van der Waals surface area contributed by atoms with Crippen LogP contribution in [-0.4, -0.2) is 38.9 Å². The predicted octanol–water partition coefficient (Wildman–Crippen LogP) is 3.24. The van der Waals surface area contributed by atoms with Crippen LogP contribution in [0, 0.1) is 5.92 Å². The second-order valence-corrected chi connectivity index (χ2v) is 8.49. The van der Waals surface area contributed by atoms with Crippen molar-refractivity contribution in [1.82, 2.24) is 19.9 Å². The van der Waals surface area contributed by atoms with Crippen LogP contribution in [-0.2, 0) is 19.4 Å². The van der Waals surface area contributed by atoms with Gasteiger partial charge in [-0.2, -0.15) is 0 Å². The summed E-state index contributed by atoms with van der Waals surface area (Å²) in [5.41, 5.74) is 7.81. The van der Waals surface area contributed by atoms with Crippen LogP contribution in [0.15, 0.2) is 12.3 Å². The van der Waals surface area contributed by atoms with Gasteiger partial charge in [-0.25, -0.2) is 4.68 Å². The molecule has 0 saturated carbocycles. The van der Waals surface area contributed by atoms with E-state index in [1.54, 1.807) is 11.3 Å². The monoisotopic (exact) mass is 431 g/mol. The highest BCUT2D eigenvalue weighted by molar-refractivity contribution is 7.14. The van der Waals surface area contributed by atoms with Gasteiger partial charge in [0.15, 0.2) is 0 Å². The normalized spacial score (nSPS) is 21.8. The molecule has 1 aliphatic carbocycles. The van der Waals surface area contributed by atoms with Crippen molar-refractivity contribution in [2.24, 2.45) is 11.7 Å². The maximum absolute atomic E-state index is 13.0.